The zero-order valence-corrected chi connectivity index (χ0v) is 24.3. The van der Waals surface area contributed by atoms with E-state index in [0.29, 0.717) is 16.5 Å². The Morgan fingerprint density at radius 1 is 1.12 bits per heavy atom. The maximum Gasteiger partial charge on any atom is 0.344 e. The minimum atomic E-state index is -0.681. The lowest BCUT2D eigenvalue weighted by atomic mass is 9.96. The molecule has 42 heavy (non-hydrogen) atoms. The van der Waals surface area contributed by atoms with Crippen LogP contribution in [0.5, 0.6) is 11.5 Å². The Hall–Kier alpha value is -5.06. The second-order valence-electron chi connectivity index (χ2n) is 10.2. The number of fused-ring (bicyclic) bond motifs is 1. The van der Waals surface area contributed by atoms with Gasteiger partial charge in [-0.2, -0.15) is 9.78 Å². The molecule has 0 unspecified atom stereocenters. The molecule has 0 bridgehead atoms. The van der Waals surface area contributed by atoms with Crippen molar-refractivity contribution in [3.8, 4) is 22.9 Å². The fraction of sp³-hybridized carbons (Fsp3) is 0.290. The molecule has 3 aromatic carbocycles. The Bertz CT molecular complexity index is 1740. The first-order valence-electron chi connectivity index (χ1n) is 13.4. The van der Waals surface area contributed by atoms with Crippen molar-refractivity contribution in [1.29, 1.82) is 0 Å². The second-order valence-corrected chi connectivity index (χ2v) is 10.2. The van der Waals surface area contributed by atoms with Gasteiger partial charge in [-0.3, -0.25) is 14.9 Å². The molecule has 0 aliphatic carbocycles. The maximum atomic E-state index is 13.8. The van der Waals surface area contributed by atoms with Gasteiger partial charge in [0, 0.05) is 17.2 Å². The molecule has 4 rings (SSSR count). The highest BCUT2D eigenvalue weighted by Crippen LogP contribution is 2.34. The van der Waals surface area contributed by atoms with Crippen LogP contribution in [0.25, 0.3) is 22.3 Å². The van der Waals surface area contributed by atoms with Gasteiger partial charge in [0.25, 0.3) is 5.56 Å². The van der Waals surface area contributed by atoms with Gasteiger partial charge in [0.1, 0.15) is 5.75 Å². The van der Waals surface area contributed by atoms with Crippen LogP contribution in [0.3, 0.4) is 0 Å². The van der Waals surface area contributed by atoms with E-state index in [1.165, 1.54) is 24.4 Å². The van der Waals surface area contributed by atoms with Crippen LogP contribution in [0, 0.1) is 17.0 Å². The topological polar surface area (TPSA) is 135 Å². The Kier molecular flexibility index (Phi) is 8.99. The number of nitrogens with zero attached hydrogens (tertiary/aromatic N) is 4. The molecule has 0 fully saturated rings. The van der Waals surface area contributed by atoms with Gasteiger partial charge >= 0.3 is 11.7 Å². The number of ether oxygens (including phenoxy) is 3. The van der Waals surface area contributed by atoms with Gasteiger partial charge in [0.2, 0.25) is 5.75 Å². The van der Waals surface area contributed by atoms with E-state index in [4.69, 9.17) is 19.2 Å². The molecule has 0 N–H and O–H groups in total. The number of methoxy groups -OCH3 is 1. The lowest BCUT2D eigenvalue weighted by Gasteiger charge is -2.17. The minimum Gasteiger partial charge on any atom is -0.496 e. The van der Waals surface area contributed by atoms with Crippen molar-refractivity contribution in [2.45, 2.75) is 46.6 Å². The van der Waals surface area contributed by atoms with E-state index in [-0.39, 0.29) is 34.8 Å². The molecule has 0 spiro atoms. The molecule has 0 atom stereocenters. The molecule has 218 valence electrons. The highest BCUT2D eigenvalue weighted by molar-refractivity contribution is 5.87. The van der Waals surface area contributed by atoms with Crippen LogP contribution in [0.1, 0.15) is 50.3 Å². The van der Waals surface area contributed by atoms with Crippen LogP contribution < -0.4 is 15.0 Å². The Labute approximate surface area is 242 Å². The van der Waals surface area contributed by atoms with Gasteiger partial charge < -0.3 is 14.2 Å². The third-order valence-electron chi connectivity index (χ3n) is 6.43. The van der Waals surface area contributed by atoms with Crippen LogP contribution in [0.4, 0.5) is 5.69 Å². The number of carbonyl (C=O) groups excluding carboxylic acids is 1. The Balaban J connectivity index is 1.90. The molecule has 0 aliphatic heterocycles. The van der Waals surface area contributed by atoms with Gasteiger partial charge in [-0.05, 0) is 68.1 Å². The minimum absolute atomic E-state index is 0.121. The van der Waals surface area contributed by atoms with Gasteiger partial charge in [-0.1, -0.05) is 32.0 Å². The van der Waals surface area contributed by atoms with Crippen molar-refractivity contribution < 1.29 is 23.9 Å². The average molecular weight is 573 g/mol. The van der Waals surface area contributed by atoms with E-state index < -0.39 is 23.1 Å². The molecule has 0 radical (unpaired) electrons. The number of para-hydroxylation sites is 2. The van der Waals surface area contributed by atoms with Crippen LogP contribution in [-0.4, -0.2) is 46.6 Å². The number of rotatable bonds is 10. The highest BCUT2D eigenvalue weighted by Gasteiger charge is 2.22. The standard InChI is InChI=1S/C31H32N4O7/c1-18(2)23-15-24(20(5)14-27(23)40-6)30-33-25-12-8-7-11-22(25)31(37)34(30)32-16-21-10-9-13-26(35(38)39)29(21)41-17-28(36)42-19(3)4/h7-16,18-19H,17H2,1-6H3. The Morgan fingerprint density at radius 3 is 2.52 bits per heavy atom. The number of carbonyl (C=O) groups is 1. The summed E-state index contributed by atoms with van der Waals surface area (Å²) in [7, 11) is 1.61. The number of nitro benzene ring substituents is 1. The van der Waals surface area contributed by atoms with Crippen molar-refractivity contribution in [1.82, 2.24) is 9.66 Å². The van der Waals surface area contributed by atoms with Crippen LogP contribution in [0.2, 0.25) is 0 Å². The summed E-state index contributed by atoms with van der Waals surface area (Å²) in [5.41, 5.74) is 2.29. The van der Waals surface area contributed by atoms with Gasteiger partial charge in [-0.15, -0.1) is 0 Å². The van der Waals surface area contributed by atoms with E-state index in [2.05, 4.69) is 5.10 Å². The largest absolute Gasteiger partial charge is 0.496 e. The first kappa shape index (κ1) is 29.9. The van der Waals surface area contributed by atoms with Crippen molar-refractivity contribution in [2.75, 3.05) is 13.7 Å². The zero-order valence-electron chi connectivity index (χ0n) is 24.3. The van der Waals surface area contributed by atoms with Crippen molar-refractivity contribution in [3.05, 3.63) is 91.8 Å². The second kappa shape index (κ2) is 12.6. The van der Waals surface area contributed by atoms with E-state index >= 15 is 0 Å². The van der Waals surface area contributed by atoms with Crippen LogP contribution >= 0.6 is 0 Å². The summed E-state index contributed by atoms with van der Waals surface area (Å²) < 4.78 is 17.4. The predicted molar refractivity (Wildman–Crippen MR) is 160 cm³/mol. The average Bonchev–Trinajstić information content (AvgIpc) is 2.94. The van der Waals surface area contributed by atoms with E-state index in [9.17, 15) is 19.7 Å². The molecular weight excluding hydrogens is 540 g/mol. The Morgan fingerprint density at radius 2 is 1.86 bits per heavy atom. The molecule has 0 saturated heterocycles. The highest BCUT2D eigenvalue weighted by atomic mass is 16.6. The molecule has 11 nitrogen and oxygen atoms in total. The van der Waals surface area contributed by atoms with Crippen LogP contribution in [-0.2, 0) is 9.53 Å². The molecule has 1 heterocycles. The number of hydrogen-bond donors (Lipinski definition) is 0. The number of aromatic nitrogens is 2. The summed E-state index contributed by atoms with van der Waals surface area (Å²) in [5.74, 6) is 0.261. The molecule has 4 aromatic rings. The zero-order chi connectivity index (χ0) is 30.6. The van der Waals surface area contributed by atoms with Gasteiger partial charge in [-0.25, -0.2) is 9.78 Å². The van der Waals surface area contributed by atoms with E-state index in [1.807, 2.05) is 32.9 Å². The van der Waals surface area contributed by atoms with Gasteiger partial charge in [0.05, 0.1) is 35.3 Å². The van der Waals surface area contributed by atoms with Crippen molar-refractivity contribution in [2.24, 2.45) is 5.10 Å². The van der Waals surface area contributed by atoms with Gasteiger partial charge in [0.15, 0.2) is 12.4 Å². The summed E-state index contributed by atoms with van der Waals surface area (Å²) in [4.78, 5) is 41.8. The van der Waals surface area contributed by atoms with E-state index in [1.54, 1.807) is 45.2 Å². The number of benzene rings is 3. The summed E-state index contributed by atoms with van der Waals surface area (Å²) in [6, 6.07) is 15.0. The monoisotopic (exact) mass is 572 g/mol. The first-order valence-corrected chi connectivity index (χ1v) is 13.4. The summed E-state index contributed by atoms with van der Waals surface area (Å²) in [6.45, 7) is 8.79. The maximum absolute atomic E-state index is 13.8. The normalized spacial score (nSPS) is 11.4. The fourth-order valence-electron chi connectivity index (χ4n) is 4.47. The number of hydrogen-bond acceptors (Lipinski definition) is 9. The number of nitro groups is 1. The lowest BCUT2D eigenvalue weighted by molar-refractivity contribution is -0.385. The SMILES string of the molecule is COc1cc(C)c(-c2nc3ccccc3c(=O)n2N=Cc2cccc([N+](=O)[O-])c2OCC(=O)OC(C)C)cc1C(C)C. The number of esters is 1. The smallest absolute Gasteiger partial charge is 0.344 e. The molecule has 1 aromatic heterocycles. The quantitative estimate of drug-likeness (QED) is 0.103. The van der Waals surface area contributed by atoms with Crippen molar-refractivity contribution >= 4 is 28.8 Å². The number of aryl methyl sites for hydroxylation is 1. The first-order chi connectivity index (χ1) is 20.0. The summed E-state index contributed by atoms with van der Waals surface area (Å²) in [5, 5.41) is 16.6. The van der Waals surface area contributed by atoms with Crippen molar-refractivity contribution in [3.63, 3.8) is 0 Å². The van der Waals surface area contributed by atoms with E-state index in [0.717, 1.165) is 21.6 Å². The lowest BCUT2D eigenvalue weighted by Crippen LogP contribution is -2.21. The summed E-state index contributed by atoms with van der Waals surface area (Å²) >= 11 is 0. The predicted octanol–water partition coefficient (Wildman–Crippen LogP) is 5.62. The molecule has 0 saturated carbocycles. The third-order valence-corrected chi connectivity index (χ3v) is 6.43. The third kappa shape index (κ3) is 6.30. The molecule has 0 aliphatic rings. The summed E-state index contributed by atoms with van der Waals surface area (Å²) in [6.07, 6.45) is 0.899. The molecule has 11 heteroatoms. The molecule has 0 amide bonds. The van der Waals surface area contributed by atoms with Crippen LogP contribution in [0.15, 0.2) is 64.5 Å². The molecular formula is C31H32N4O7. The fourth-order valence-corrected chi connectivity index (χ4v) is 4.47.